The largest absolute Gasteiger partial charge is 0.478 e. The zero-order valence-corrected chi connectivity index (χ0v) is 14.4. The molecule has 140 valence electrons. The molecule has 1 aromatic heterocycles. The van der Waals surface area contributed by atoms with Gasteiger partial charge in [0.05, 0.1) is 18.2 Å². The number of carbonyl (C=O) groups excluding carboxylic acids is 1. The summed E-state index contributed by atoms with van der Waals surface area (Å²) in [4.78, 5) is 16.1. The van der Waals surface area contributed by atoms with E-state index in [0.29, 0.717) is 23.6 Å². The van der Waals surface area contributed by atoms with E-state index in [1.165, 1.54) is 12.1 Å². The predicted octanol–water partition coefficient (Wildman–Crippen LogP) is 4.06. The van der Waals surface area contributed by atoms with Crippen molar-refractivity contribution in [2.45, 2.75) is 32.6 Å². The number of nitrogens with one attached hydrogen (secondary N) is 2. The van der Waals surface area contributed by atoms with Gasteiger partial charge in [0.15, 0.2) is 0 Å². The number of halogens is 3. The van der Waals surface area contributed by atoms with Crippen LogP contribution in [0.4, 0.5) is 18.0 Å². The summed E-state index contributed by atoms with van der Waals surface area (Å²) in [5, 5.41) is 5.27. The van der Waals surface area contributed by atoms with Crippen LogP contribution in [0, 0.1) is 0 Å². The van der Waals surface area contributed by atoms with Crippen molar-refractivity contribution in [3.8, 4) is 5.88 Å². The Balaban J connectivity index is 1.96. The Bertz CT molecular complexity index is 750. The van der Waals surface area contributed by atoms with Gasteiger partial charge in [0, 0.05) is 18.3 Å². The second-order valence-corrected chi connectivity index (χ2v) is 5.57. The molecular weight excluding hydrogens is 347 g/mol. The first-order valence-corrected chi connectivity index (χ1v) is 8.09. The van der Waals surface area contributed by atoms with Crippen LogP contribution in [0.5, 0.6) is 5.88 Å². The van der Waals surface area contributed by atoms with Crippen LogP contribution in [0.15, 0.2) is 42.6 Å². The number of urea groups is 1. The topological polar surface area (TPSA) is 63.2 Å². The Morgan fingerprint density at radius 2 is 2.04 bits per heavy atom. The van der Waals surface area contributed by atoms with E-state index in [9.17, 15) is 18.0 Å². The SMILES string of the molecule is CCOc1ncccc1CNC(=O)NC(C)c1cccc(C(F)(F)F)c1. The third-order valence-electron chi connectivity index (χ3n) is 3.63. The first-order chi connectivity index (χ1) is 12.3. The molecule has 26 heavy (non-hydrogen) atoms. The number of hydrogen-bond donors (Lipinski definition) is 2. The summed E-state index contributed by atoms with van der Waals surface area (Å²) in [6.45, 7) is 4.08. The molecule has 1 unspecified atom stereocenters. The molecule has 5 nitrogen and oxygen atoms in total. The van der Waals surface area contributed by atoms with Crippen LogP contribution >= 0.6 is 0 Å². The summed E-state index contributed by atoms with van der Waals surface area (Å²) in [7, 11) is 0. The van der Waals surface area contributed by atoms with E-state index in [2.05, 4.69) is 15.6 Å². The minimum Gasteiger partial charge on any atom is -0.478 e. The van der Waals surface area contributed by atoms with E-state index in [0.717, 1.165) is 12.1 Å². The Morgan fingerprint density at radius 1 is 1.27 bits per heavy atom. The van der Waals surface area contributed by atoms with Crippen LogP contribution in [0.2, 0.25) is 0 Å². The quantitative estimate of drug-likeness (QED) is 0.809. The lowest BCUT2D eigenvalue weighted by Crippen LogP contribution is -2.36. The van der Waals surface area contributed by atoms with Gasteiger partial charge in [-0.05, 0) is 37.6 Å². The van der Waals surface area contributed by atoms with Crippen molar-refractivity contribution in [3.05, 3.63) is 59.3 Å². The lowest BCUT2D eigenvalue weighted by Gasteiger charge is -2.17. The number of aromatic nitrogens is 1. The van der Waals surface area contributed by atoms with Crippen LogP contribution in [0.1, 0.15) is 36.6 Å². The van der Waals surface area contributed by atoms with Crippen molar-refractivity contribution in [1.82, 2.24) is 15.6 Å². The average molecular weight is 367 g/mol. The van der Waals surface area contributed by atoms with Gasteiger partial charge in [-0.15, -0.1) is 0 Å². The lowest BCUT2D eigenvalue weighted by atomic mass is 10.1. The summed E-state index contributed by atoms with van der Waals surface area (Å²) in [5.41, 5.74) is 0.323. The van der Waals surface area contributed by atoms with Gasteiger partial charge < -0.3 is 15.4 Å². The minimum absolute atomic E-state index is 0.185. The number of hydrogen-bond acceptors (Lipinski definition) is 3. The smallest absolute Gasteiger partial charge is 0.416 e. The van der Waals surface area contributed by atoms with Crippen molar-refractivity contribution < 1.29 is 22.7 Å². The van der Waals surface area contributed by atoms with Crippen molar-refractivity contribution in [3.63, 3.8) is 0 Å². The van der Waals surface area contributed by atoms with E-state index in [-0.39, 0.29) is 6.54 Å². The van der Waals surface area contributed by atoms with Gasteiger partial charge in [0.25, 0.3) is 0 Å². The van der Waals surface area contributed by atoms with Crippen molar-refractivity contribution >= 4 is 6.03 Å². The molecule has 0 radical (unpaired) electrons. The molecule has 0 bridgehead atoms. The van der Waals surface area contributed by atoms with Crippen molar-refractivity contribution in [2.24, 2.45) is 0 Å². The molecule has 0 spiro atoms. The van der Waals surface area contributed by atoms with Gasteiger partial charge in [-0.1, -0.05) is 18.2 Å². The van der Waals surface area contributed by atoms with Gasteiger partial charge in [0.1, 0.15) is 0 Å². The Labute approximate surface area is 149 Å². The standard InChI is InChI=1S/C18H20F3N3O2/c1-3-26-16-14(7-5-9-22-16)11-23-17(25)24-12(2)13-6-4-8-15(10-13)18(19,20)21/h4-10,12H,3,11H2,1-2H3,(H2,23,24,25). The maximum Gasteiger partial charge on any atom is 0.416 e. The molecule has 1 aromatic carbocycles. The fourth-order valence-electron chi connectivity index (χ4n) is 2.32. The van der Waals surface area contributed by atoms with E-state index in [1.54, 1.807) is 25.3 Å². The molecule has 8 heteroatoms. The molecular formula is C18H20F3N3O2. The summed E-state index contributed by atoms with van der Waals surface area (Å²) in [6.07, 6.45) is -2.84. The Morgan fingerprint density at radius 3 is 2.73 bits per heavy atom. The summed E-state index contributed by atoms with van der Waals surface area (Å²) in [6, 6.07) is 7.29. The van der Waals surface area contributed by atoms with Gasteiger partial charge >= 0.3 is 12.2 Å². The monoisotopic (exact) mass is 367 g/mol. The second kappa shape index (κ2) is 8.55. The predicted molar refractivity (Wildman–Crippen MR) is 90.6 cm³/mol. The number of benzene rings is 1. The third-order valence-corrected chi connectivity index (χ3v) is 3.63. The average Bonchev–Trinajstić information content (AvgIpc) is 2.60. The number of rotatable bonds is 6. The highest BCUT2D eigenvalue weighted by molar-refractivity contribution is 5.74. The molecule has 2 amide bonds. The normalized spacial score (nSPS) is 12.3. The molecule has 0 saturated carbocycles. The molecule has 2 aromatic rings. The number of pyridine rings is 1. The maximum atomic E-state index is 12.8. The first-order valence-electron chi connectivity index (χ1n) is 8.09. The number of carbonyl (C=O) groups is 1. The van der Waals surface area contributed by atoms with Crippen LogP contribution in [-0.4, -0.2) is 17.6 Å². The highest BCUT2D eigenvalue weighted by Gasteiger charge is 2.30. The number of amides is 2. The number of alkyl halides is 3. The van der Waals surface area contributed by atoms with Gasteiger partial charge in [0.2, 0.25) is 5.88 Å². The molecule has 0 aliphatic carbocycles. The number of ether oxygens (including phenoxy) is 1. The Kier molecular flexibility index (Phi) is 6.43. The highest BCUT2D eigenvalue weighted by atomic mass is 19.4. The zero-order chi connectivity index (χ0) is 19.2. The summed E-state index contributed by atoms with van der Waals surface area (Å²) in [5.74, 6) is 0.432. The molecule has 0 aliphatic rings. The Hall–Kier alpha value is -2.77. The molecule has 0 fully saturated rings. The molecule has 2 N–H and O–H groups in total. The summed E-state index contributed by atoms with van der Waals surface area (Å²) >= 11 is 0. The molecule has 0 saturated heterocycles. The van der Waals surface area contributed by atoms with E-state index in [1.807, 2.05) is 6.92 Å². The number of nitrogens with zero attached hydrogens (tertiary/aromatic N) is 1. The molecule has 1 heterocycles. The van der Waals surface area contributed by atoms with Gasteiger partial charge in [-0.2, -0.15) is 13.2 Å². The maximum absolute atomic E-state index is 12.8. The van der Waals surface area contributed by atoms with Gasteiger partial charge in [-0.3, -0.25) is 0 Å². The second-order valence-electron chi connectivity index (χ2n) is 5.57. The highest BCUT2D eigenvalue weighted by Crippen LogP contribution is 2.30. The lowest BCUT2D eigenvalue weighted by molar-refractivity contribution is -0.137. The minimum atomic E-state index is -4.42. The van der Waals surface area contributed by atoms with Crippen molar-refractivity contribution in [2.75, 3.05) is 6.61 Å². The first kappa shape index (κ1) is 19.6. The summed E-state index contributed by atoms with van der Waals surface area (Å²) < 4.78 is 43.7. The van der Waals surface area contributed by atoms with Crippen LogP contribution < -0.4 is 15.4 Å². The fourth-order valence-corrected chi connectivity index (χ4v) is 2.32. The van der Waals surface area contributed by atoms with Crippen LogP contribution in [0.25, 0.3) is 0 Å². The van der Waals surface area contributed by atoms with Gasteiger partial charge in [-0.25, -0.2) is 9.78 Å². The fraction of sp³-hybridized carbons (Fsp3) is 0.333. The molecule has 1 atom stereocenters. The molecule has 2 rings (SSSR count). The van der Waals surface area contributed by atoms with Crippen molar-refractivity contribution in [1.29, 1.82) is 0 Å². The molecule has 0 aliphatic heterocycles. The third kappa shape index (κ3) is 5.37. The van der Waals surface area contributed by atoms with E-state index in [4.69, 9.17) is 4.74 Å². The van der Waals surface area contributed by atoms with Crippen LogP contribution in [-0.2, 0) is 12.7 Å². The van der Waals surface area contributed by atoms with Crippen LogP contribution in [0.3, 0.4) is 0 Å². The van der Waals surface area contributed by atoms with E-state index >= 15 is 0 Å². The van der Waals surface area contributed by atoms with E-state index < -0.39 is 23.8 Å². The zero-order valence-electron chi connectivity index (χ0n) is 14.4.